The molecule has 0 aromatic carbocycles. The largest absolute Gasteiger partial charge is 0.756 e. The molecule has 9 heteroatoms. The maximum Gasteiger partial charge on any atom is 0.268 e. The van der Waals surface area contributed by atoms with Crippen LogP contribution in [0, 0.1) is 0 Å². The van der Waals surface area contributed by atoms with Crippen LogP contribution in [0.15, 0.2) is 182 Å². The SMILES string of the molecule is CC/C=C\C/C=C\C/C=C\C/C=C\C/C=C\C/C=C\C/C=C\C/C=C\C/C=C\C/C=C\C/C=C\C/C=C\CCCCC(=O)NC(COP(=O)([O-])OCC[N+](C)(C)C)C(O)/C=C/CC/C=C/CC/C=C/CCCCCCCCCCCCC. The van der Waals surface area contributed by atoms with E-state index < -0.39 is 26.6 Å². The molecule has 0 heterocycles. The number of quaternary nitrogens is 1. The van der Waals surface area contributed by atoms with Gasteiger partial charge in [0.05, 0.1) is 39.9 Å². The van der Waals surface area contributed by atoms with E-state index in [1.807, 2.05) is 27.2 Å². The van der Waals surface area contributed by atoms with Gasteiger partial charge in [-0.3, -0.25) is 9.36 Å². The van der Waals surface area contributed by atoms with Crippen molar-refractivity contribution in [1.29, 1.82) is 0 Å². The molecule has 82 heavy (non-hydrogen) atoms. The molecule has 0 aromatic rings. The summed E-state index contributed by atoms with van der Waals surface area (Å²) in [7, 11) is 1.18. The Bertz CT molecular complexity index is 1990. The molecule has 0 radical (unpaired) electrons. The van der Waals surface area contributed by atoms with Crippen molar-refractivity contribution in [3.8, 4) is 0 Å². The Morgan fingerprint density at radius 2 is 0.756 bits per heavy atom. The van der Waals surface area contributed by atoms with E-state index in [1.165, 1.54) is 77.0 Å². The van der Waals surface area contributed by atoms with Crippen molar-refractivity contribution in [2.75, 3.05) is 40.9 Å². The lowest BCUT2D eigenvalue weighted by atomic mass is 10.1. The van der Waals surface area contributed by atoms with Crippen LogP contribution in [0.25, 0.3) is 0 Å². The molecule has 0 saturated heterocycles. The predicted molar refractivity (Wildman–Crippen MR) is 357 cm³/mol. The molecule has 0 aliphatic rings. The Balaban J connectivity index is 4.34. The second-order valence-electron chi connectivity index (χ2n) is 22.0. The number of carbonyl (C=O) groups excluding carboxylic acids is 1. The second-order valence-corrected chi connectivity index (χ2v) is 23.4. The summed E-state index contributed by atoms with van der Waals surface area (Å²) in [5.41, 5.74) is 0. The summed E-state index contributed by atoms with van der Waals surface area (Å²) in [6.07, 6.45) is 98.5. The van der Waals surface area contributed by atoms with Crippen molar-refractivity contribution in [3.05, 3.63) is 182 Å². The fraction of sp³-hybridized carbons (Fsp3) is 0.575. The summed E-state index contributed by atoms with van der Waals surface area (Å²) < 4.78 is 23.3. The van der Waals surface area contributed by atoms with Gasteiger partial charge >= 0.3 is 0 Å². The van der Waals surface area contributed by atoms with E-state index in [0.29, 0.717) is 23.9 Å². The smallest absolute Gasteiger partial charge is 0.268 e. The lowest BCUT2D eigenvalue weighted by molar-refractivity contribution is -0.870. The molecule has 0 rings (SSSR count). The zero-order valence-corrected chi connectivity index (χ0v) is 53.5. The minimum Gasteiger partial charge on any atom is -0.756 e. The first-order valence-corrected chi connectivity index (χ1v) is 33.6. The van der Waals surface area contributed by atoms with E-state index in [2.05, 4.69) is 189 Å². The van der Waals surface area contributed by atoms with Gasteiger partial charge in [0, 0.05) is 6.42 Å². The topological polar surface area (TPSA) is 108 Å². The van der Waals surface area contributed by atoms with Crippen LogP contribution in [0.2, 0.25) is 0 Å². The van der Waals surface area contributed by atoms with Crippen molar-refractivity contribution < 1.29 is 32.9 Å². The molecule has 1 amide bonds. The summed E-state index contributed by atoms with van der Waals surface area (Å²) in [6, 6.07) is -0.949. The van der Waals surface area contributed by atoms with Crippen molar-refractivity contribution in [2.24, 2.45) is 0 Å². The van der Waals surface area contributed by atoms with Gasteiger partial charge in [-0.15, -0.1) is 0 Å². The molecular formula is C73H119N2O6P. The number of aliphatic hydroxyl groups is 1. The highest BCUT2D eigenvalue weighted by atomic mass is 31.2. The summed E-state index contributed by atoms with van der Waals surface area (Å²) >= 11 is 0. The fourth-order valence-corrected chi connectivity index (χ4v) is 8.83. The average Bonchev–Trinajstić information content (AvgIpc) is 3.46. The van der Waals surface area contributed by atoms with Gasteiger partial charge in [-0.25, -0.2) is 0 Å². The van der Waals surface area contributed by atoms with Gasteiger partial charge in [-0.2, -0.15) is 0 Å². The Morgan fingerprint density at radius 3 is 1.13 bits per heavy atom. The number of aliphatic hydroxyl groups excluding tert-OH is 1. The molecule has 3 unspecified atom stereocenters. The van der Waals surface area contributed by atoms with Gasteiger partial charge in [-0.1, -0.05) is 260 Å². The lowest BCUT2D eigenvalue weighted by Gasteiger charge is -2.29. The van der Waals surface area contributed by atoms with Crippen LogP contribution >= 0.6 is 7.82 Å². The number of hydrogen-bond donors (Lipinski definition) is 2. The van der Waals surface area contributed by atoms with Crippen LogP contribution in [-0.2, 0) is 18.4 Å². The van der Waals surface area contributed by atoms with Gasteiger partial charge in [0.2, 0.25) is 5.91 Å². The first kappa shape index (κ1) is 77.6. The van der Waals surface area contributed by atoms with Crippen LogP contribution in [0.4, 0.5) is 0 Å². The summed E-state index contributed by atoms with van der Waals surface area (Å²) in [6.45, 7) is 4.45. The predicted octanol–water partition coefficient (Wildman–Crippen LogP) is 19.9. The molecule has 0 fully saturated rings. The first-order valence-electron chi connectivity index (χ1n) is 32.1. The fourth-order valence-electron chi connectivity index (χ4n) is 8.11. The maximum atomic E-state index is 13.0. The lowest BCUT2D eigenvalue weighted by Crippen LogP contribution is -2.45. The summed E-state index contributed by atoms with van der Waals surface area (Å²) in [5, 5.41) is 13.8. The Labute approximate surface area is 504 Å². The number of nitrogens with zero attached hydrogens (tertiary/aromatic N) is 1. The number of likely N-dealkylation sites (N-methyl/N-ethyl adjacent to an activating group) is 1. The molecular weight excluding hydrogens is 1030 g/mol. The number of amides is 1. The number of unbranched alkanes of at least 4 members (excludes halogenated alkanes) is 15. The van der Waals surface area contributed by atoms with Crippen molar-refractivity contribution in [1.82, 2.24) is 5.32 Å². The number of carbonyl (C=O) groups is 1. The van der Waals surface area contributed by atoms with Gasteiger partial charge in [-0.05, 0) is 135 Å². The third kappa shape index (κ3) is 63.2. The van der Waals surface area contributed by atoms with E-state index >= 15 is 0 Å². The Morgan fingerprint density at radius 1 is 0.439 bits per heavy atom. The minimum absolute atomic E-state index is 0.0279. The molecule has 3 atom stereocenters. The number of phosphoric ester groups is 1. The highest BCUT2D eigenvalue weighted by Crippen LogP contribution is 2.38. The minimum atomic E-state index is -4.64. The zero-order chi connectivity index (χ0) is 59.8. The Hall–Kier alpha value is -4.40. The number of hydrogen-bond acceptors (Lipinski definition) is 6. The van der Waals surface area contributed by atoms with Crippen LogP contribution < -0.4 is 10.2 Å². The van der Waals surface area contributed by atoms with Crippen LogP contribution in [-0.4, -0.2) is 68.5 Å². The molecule has 0 aromatic heterocycles. The van der Waals surface area contributed by atoms with E-state index in [0.717, 1.165) is 109 Å². The maximum absolute atomic E-state index is 13.0. The van der Waals surface area contributed by atoms with Crippen molar-refractivity contribution in [3.63, 3.8) is 0 Å². The van der Waals surface area contributed by atoms with E-state index in [9.17, 15) is 19.4 Å². The average molecular weight is 1150 g/mol. The highest BCUT2D eigenvalue weighted by Gasteiger charge is 2.23. The number of allylic oxidation sites excluding steroid dienone is 29. The van der Waals surface area contributed by atoms with Crippen LogP contribution in [0.1, 0.15) is 219 Å². The third-order valence-corrected chi connectivity index (χ3v) is 14.0. The van der Waals surface area contributed by atoms with E-state index in [4.69, 9.17) is 9.05 Å². The van der Waals surface area contributed by atoms with Gasteiger partial charge < -0.3 is 28.8 Å². The molecule has 0 bridgehead atoms. The van der Waals surface area contributed by atoms with Gasteiger partial charge in [0.15, 0.2) is 0 Å². The summed E-state index contributed by atoms with van der Waals surface area (Å²) in [4.78, 5) is 25.5. The highest BCUT2D eigenvalue weighted by molar-refractivity contribution is 7.45. The third-order valence-electron chi connectivity index (χ3n) is 13.1. The first-order chi connectivity index (χ1) is 40.0. The molecule has 0 aliphatic heterocycles. The Kier molecular flexibility index (Phi) is 57.9. The molecule has 8 nitrogen and oxygen atoms in total. The standard InChI is InChI=1S/C73H119N2O6P/c1-6-8-10-12-14-16-18-20-22-24-26-28-29-30-31-32-33-34-35-36-37-38-39-40-41-42-43-44-45-47-49-51-53-55-57-59-61-63-65-67-73(77)74-71(70-81-82(78,79)80-69-68-75(3,4)5)72(76)66-64-62-60-58-56-54-52-50-48-46-27-25-23-21-19-17-15-13-11-9-7-2/h8,10,14,16,20,22,26,28,30-31,33-34,36-37,39-40,42-43,45,47-48,50-51,53,56-59,64,66,71-72,76H,6-7,9,11-13,15,17-19,21,23-25,27,29,32,35,38,41,44,46,49,52,54-55,60-63,65,67-70H2,1-5H3,(H-,74,77,78,79)/b10-8-,16-14-,22-20-,28-26-,31-30-,34-33-,37-36-,40-39-,43-42-,47-45-,50-48+,53-51-,58-56+,59-57-,66-64+. The molecule has 0 spiro atoms. The molecule has 0 saturated carbocycles. The van der Waals surface area contributed by atoms with E-state index in [-0.39, 0.29) is 18.9 Å². The molecule has 0 aliphatic carbocycles. The van der Waals surface area contributed by atoms with Crippen molar-refractivity contribution in [2.45, 2.75) is 231 Å². The quantitative estimate of drug-likeness (QED) is 0.0272. The normalized spacial score (nSPS) is 15.0. The van der Waals surface area contributed by atoms with Crippen molar-refractivity contribution >= 4 is 13.7 Å². The van der Waals surface area contributed by atoms with Crippen LogP contribution in [0.5, 0.6) is 0 Å². The monoisotopic (exact) mass is 1150 g/mol. The van der Waals surface area contributed by atoms with Crippen LogP contribution in [0.3, 0.4) is 0 Å². The number of phosphoric acid groups is 1. The van der Waals surface area contributed by atoms with E-state index in [1.54, 1.807) is 6.08 Å². The van der Waals surface area contributed by atoms with Gasteiger partial charge in [0.25, 0.3) is 7.82 Å². The number of nitrogens with one attached hydrogen (secondary N) is 1. The zero-order valence-electron chi connectivity index (χ0n) is 52.6. The number of rotatable bonds is 56. The summed E-state index contributed by atoms with van der Waals surface area (Å²) in [5.74, 6) is -0.261. The molecule has 462 valence electrons. The van der Waals surface area contributed by atoms with Gasteiger partial charge in [0.1, 0.15) is 13.2 Å². The second kappa shape index (κ2) is 61.2. The molecule has 2 N–H and O–H groups in total.